The Labute approximate surface area is 119 Å². The van der Waals surface area contributed by atoms with Gasteiger partial charge in [0.1, 0.15) is 0 Å². The molecule has 1 aromatic carbocycles. The summed E-state index contributed by atoms with van der Waals surface area (Å²) in [5.74, 6) is 0.0496. The molecule has 102 valence electrons. The summed E-state index contributed by atoms with van der Waals surface area (Å²) in [5.41, 5.74) is 8.59. The number of aromatic nitrogens is 2. The van der Waals surface area contributed by atoms with Crippen molar-refractivity contribution in [1.29, 1.82) is 0 Å². The highest BCUT2D eigenvalue weighted by Gasteiger charge is 2.14. The predicted octanol–water partition coefficient (Wildman–Crippen LogP) is 2.87. The summed E-state index contributed by atoms with van der Waals surface area (Å²) in [7, 11) is -3.79. The van der Waals surface area contributed by atoms with E-state index in [0.29, 0.717) is 5.69 Å². The van der Waals surface area contributed by atoms with Crippen LogP contribution in [0.2, 0.25) is 5.15 Å². The maximum absolute atomic E-state index is 12.0. The minimum Gasteiger partial charge on any atom is -0.262 e. The number of hydrogen-bond acceptors (Lipinski definition) is 5. The molecule has 0 amide bonds. The van der Waals surface area contributed by atoms with Crippen molar-refractivity contribution >= 4 is 33.1 Å². The fourth-order valence-electron chi connectivity index (χ4n) is 1.31. The first kappa shape index (κ1) is 14.1. The zero-order chi connectivity index (χ0) is 14.6. The molecule has 2 aromatic rings. The Hall–Kier alpha value is -2.35. The minimum absolute atomic E-state index is 0.00568. The average molecular weight is 311 g/mol. The normalized spacial score (nSPS) is 10.7. The molecule has 0 saturated heterocycles. The van der Waals surface area contributed by atoms with Gasteiger partial charge in [0.05, 0.1) is 4.90 Å². The molecule has 0 aliphatic heterocycles. The van der Waals surface area contributed by atoms with Crippen LogP contribution in [0.15, 0.2) is 46.4 Å². The first-order valence-electron chi connectivity index (χ1n) is 5.18. The molecule has 0 bridgehead atoms. The van der Waals surface area contributed by atoms with Crippen LogP contribution in [0.3, 0.4) is 0 Å². The topological polar surface area (TPSA) is 121 Å². The molecule has 1 aromatic heterocycles. The maximum Gasteiger partial charge on any atom is 0.263 e. The zero-order valence-corrected chi connectivity index (χ0v) is 11.4. The van der Waals surface area contributed by atoms with Gasteiger partial charge in [-0.1, -0.05) is 28.8 Å². The van der Waals surface area contributed by atoms with E-state index in [1.807, 2.05) is 0 Å². The van der Waals surface area contributed by atoms with Gasteiger partial charge in [-0.05, 0) is 29.8 Å². The summed E-state index contributed by atoms with van der Waals surface area (Å²) >= 11 is 5.56. The first-order chi connectivity index (χ1) is 9.51. The van der Waals surface area contributed by atoms with Crippen molar-refractivity contribution in [3.8, 4) is 0 Å². The van der Waals surface area contributed by atoms with Crippen LogP contribution >= 0.6 is 11.6 Å². The number of anilines is 1. The third-order valence-electron chi connectivity index (χ3n) is 2.18. The predicted molar refractivity (Wildman–Crippen MR) is 73.1 cm³/mol. The van der Waals surface area contributed by atoms with E-state index in [-0.39, 0.29) is 15.9 Å². The molecule has 1 N–H and O–H groups in total. The van der Waals surface area contributed by atoms with E-state index in [4.69, 9.17) is 17.1 Å². The van der Waals surface area contributed by atoms with Crippen molar-refractivity contribution in [1.82, 2.24) is 10.2 Å². The fraction of sp³-hybridized carbons (Fsp3) is 0. The van der Waals surface area contributed by atoms with E-state index in [9.17, 15) is 8.42 Å². The van der Waals surface area contributed by atoms with Gasteiger partial charge in [-0.3, -0.25) is 4.72 Å². The van der Waals surface area contributed by atoms with Crippen LogP contribution in [-0.2, 0) is 10.0 Å². The summed E-state index contributed by atoms with van der Waals surface area (Å²) in [6.45, 7) is 0. The monoisotopic (exact) mass is 310 g/mol. The first-order valence-corrected chi connectivity index (χ1v) is 7.04. The molecule has 0 unspecified atom stereocenters. The highest BCUT2D eigenvalue weighted by atomic mass is 35.5. The molecule has 2 rings (SSSR count). The average Bonchev–Trinajstić information content (AvgIpc) is 2.42. The second-order valence-corrected chi connectivity index (χ2v) is 5.60. The molecule has 20 heavy (non-hydrogen) atoms. The summed E-state index contributed by atoms with van der Waals surface area (Å²) < 4.78 is 26.3. The second kappa shape index (κ2) is 5.74. The van der Waals surface area contributed by atoms with Crippen molar-refractivity contribution in [2.45, 2.75) is 4.90 Å². The van der Waals surface area contributed by atoms with Gasteiger partial charge >= 0.3 is 0 Å². The second-order valence-electron chi connectivity index (χ2n) is 3.53. The number of rotatable bonds is 4. The summed E-state index contributed by atoms with van der Waals surface area (Å²) in [6.07, 6.45) is 0. The lowest BCUT2D eigenvalue weighted by Gasteiger charge is -2.06. The quantitative estimate of drug-likeness (QED) is 0.530. The third kappa shape index (κ3) is 3.35. The van der Waals surface area contributed by atoms with Crippen molar-refractivity contribution in [3.05, 3.63) is 52.0 Å². The zero-order valence-electron chi connectivity index (χ0n) is 9.80. The van der Waals surface area contributed by atoms with Crippen molar-refractivity contribution in [2.75, 3.05) is 4.72 Å². The summed E-state index contributed by atoms with van der Waals surface area (Å²) in [4.78, 5) is 2.61. The van der Waals surface area contributed by atoms with E-state index < -0.39 is 10.0 Å². The molecule has 0 radical (unpaired) electrons. The lowest BCUT2D eigenvalue weighted by Crippen LogP contribution is -2.14. The van der Waals surface area contributed by atoms with Crippen LogP contribution in [0.5, 0.6) is 0 Å². The number of benzene rings is 1. The van der Waals surface area contributed by atoms with Gasteiger partial charge in [0.25, 0.3) is 10.0 Å². The van der Waals surface area contributed by atoms with Crippen LogP contribution in [-0.4, -0.2) is 18.6 Å². The Balaban J connectivity index is 2.25. The van der Waals surface area contributed by atoms with Crippen LogP contribution < -0.4 is 4.72 Å². The van der Waals surface area contributed by atoms with Gasteiger partial charge in [0.2, 0.25) is 0 Å². The van der Waals surface area contributed by atoms with Gasteiger partial charge in [0, 0.05) is 10.6 Å². The molecule has 0 spiro atoms. The number of halogens is 1. The lowest BCUT2D eigenvalue weighted by atomic mass is 10.3. The van der Waals surface area contributed by atoms with Crippen LogP contribution in [0.25, 0.3) is 10.4 Å². The van der Waals surface area contributed by atoms with Gasteiger partial charge in [0.15, 0.2) is 11.0 Å². The fourth-order valence-corrected chi connectivity index (χ4v) is 2.41. The Bertz CT molecular complexity index is 753. The molecule has 0 saturated carbocycles. The highest BCUT2D eigenvalue weighted by Crippen LogP contribution is 2.19. The molecular weight excluding hydrogens is 304 g/mol. The molecule has 0 fully saturated rings. The molecule has 8 nitrogen and oxygen atoms in total. The minimum atomic E-state index is -3.79. The molecular formula is C10H7ClN6O2S. The SMILES string of the molecule is [N-]=[N+]=Nc1ccc(S(=O)(=O)Nc2ccc(Cl)nn2)cc1. The highest BCUT2D eigenvalue weighted by molar-refractivity contribution is 7.92. The van der Waals surface area contributed by atoms with Gasteiger partial charge in [-0.15, -0.1) is 10.2 Å². The summed E-state index contributed by atoms with van der Waals surface area (Å²) in [6, 6.07) is 8.22. The van der Waals surface area contributed by atoms with Gasteiger partial charge in [-0.2, -0.15) is 0 Å². The molecule has 0 aliphatic carbocycles. The standard InChI is InChI=1S/C10H7ClN6O2S/c11-9-5-6-10(15-14-9)16-20(18,19)8-3-1-7(2-4-8)13-17-12/h1-6H,(H,15,16). The number of sulfonamides is 1. The number of nitrogens with one attached hydrogen (secondary N) is 1. The molecule has 0 aliphatic rings. The smallest absolute Gasteiger partial charge is 0.262 e. The molecule has 1 heterocycles. The van der Waals surface area contributed by atoms with E-state index in [0.717, 1.165) is 0 Å². The van der Waals surface area contributed by atoms with Crippen molar-refractivity contribution in [3.63, 3.8) is 0 Å². The Morgan fingerprint density at radius 2 is 1.85 bits per heavy atom. The number of azide groups is 1. The lowest BCUT2D eigenvalue weighted by molar-refractivity contribution is 0.601. The van der Waals surface area contributed by atoms with Crippen molar-refractivity contribution in [2.24, 2.45) is 5.11 Å². The van der Waals surface area contributed by atoms with E-state index in [2.05, 4.69) is 24.9 Å². The largest absolute Gasteiger partial charge is 0.263 e. The Morgan fingerprint density at radius 3 is 2.40 bits per heavy atom. The van der Waals surface area contributed by atoms with Crippen LogP contribution in [0, 0.1) is 0 Å². The summed E-state index contributed by atoms with van der Waals surface area (Å²) in [5, 5.41) is 10.6. The van der Waals surface area contributed by atoms with E-state index in [1.165, 1.54) is 36.4 Å². The Morgan fingerprint density at radius 1 is 1.15 bits per heavy atom. The number of nitrogens with zero attached hydrogens (tertiary/aromatic N) is 5. The van der Waals surface area contributed by atoms with Gasteiger partial charge < -0.3 is 0 Å². The molecule has 10 heteroatoms. The van der Waals surface area contributed by atoms with Crippen molar-refractivity contribution < 1.29 is 8.42 Å². The van der Waals surface area contributed by atoms with Gasteiger partial charge in [-0.25, -0.2) is 8.42 Å². The Kier molecular flexibility index (Phi) is 4.04. The van der Waals surface area contributed by atoms with Crippen LogP contribution in [0.1, 0.15) is 0 Å². The number of hydrogen-bond donors (Lipinski definition) is 1. The van der Waals surface area contributed by atoms with E-state index >= 15 is 0 Å². The maximum atomic E-state index is 12.0. The third-order valence-corrected chi connectivity index (χ3v) is 3.75. The molecule has 0 atom stereocenters. The van der Waals surface area contributed by atoms with E-state index in [1.54, 1.807) is 0 Å². The van der Waals surface area contributed by atoms with Crippen LogP contribution in [0.4, 0.5) is 11.5 Å².